The molecule has 0 saturated carbocycles. The molecular formula is C12H14N4O2. The summed E-state index contributed by atoms with van der Waals surface area (Å²) < 4.78 is 0. The molecular weight excluding hydrogens is 232 g/mol. The Balaban J connectivity index is 1.96. The minimum atomic E-state index is -0.974. The molecule has 2 rings (SSSR count). The molecule has 6 nitrogen and oxygen atoms in total. The van der Waals surface area contributed by atoms with Gasteiger partial charge < -0.3 is 5.11 Å². The Bertz CT molecular complexity index is 551. The first-order valence-corrected chi connectivity index (χ1v) is 5.68. The van der Waals surface area contributed by atoms with Crippen molar-refractivity contribution >= 4 is 5.97 Å². The Morgan fingerprint density at radius 1 is 1.33 bits per heavy atom. The molecule has 0 saturated heterocycles. The lowest BCUT2D eigenvalue weighted by Crippen LogP contribution is -2.11. The van der Waals surface area contributed by atoms with E-state index in [0.717, 1.165) is 11.2 Å². The fourth-order valence-corrected chi connectivity index (χ4v) is 1.70. The first-order chi connectivity index (χ1) is 8.65. The molecule has 2 aromatic rings. The Morgan fingerprint density at radius 3 is 2.83 bits per heavy atom. The van der Waals surface area contributed by atoms with Crippen molar-refractivity contribution < 1.29 is 9.90 Å². The summed E-state index contributed by atoms with van der Waals surface area (Å²) in [4.78, 5) is 11.6. The van der Waals surface area contributed by atoms with E-state index in [1.54, 1.807) is 0 Å². The summed E-state index contributed by atoms with van der Waals surface area (Å²) in [5.41, 5.74) is 2.47. The van der Waals surface area contributed by atoms with Crippen LogP contribution in [0.1, 0.15) is 17.0 Å². The van der Waals surface area contributed by atoms with E-state index in [-0.39, 0.29) is 6.54 Å². The highest BCUT2D eigenvalue weighted by Crippen LogP contribution is 2.09. The number of benzene rings is 1. The molecule has 0 aliphatic carbocycles. The van der Waals surface area contributed by atoms with Crippen LogP contribution in [0, 0.1) is 6.92 Å². The summed E-state index contributed by atoms with van der Waals surface area (Å²) in [6, 6.07) is 8.12. The van der Waals surface area contributed by atoms with Gasteiger partial charge in [0.15, 0.2) is 12.4 Å². The standard InChI is InChI=1S/C12H14N4O2/c1-9-4-2-3-5-10(9)6-7-11-13-15-16(14-11)8-12(17)18/h2-5H,6-8H2,1H3,(H,17,18). The summed E-state index contributed by atoms with van der Waals surface area (Å²) in [6.45, 7) is 1.81. The van der Waals surface area contributed by atoms with Gasteiger partial charge in [-0.3, -0.25) is 4.79 Å². The summed E-state index contributed by atoms with van der Waals surface area (Å²) in [5.74, 6) is -0.405. The van der Waals surface area contributed by atoms with E-state index >= 15 is 0 Å². The monoisotopic (exact) mass is 246 g/mol. The number of aromatic nitrogens is 4. The molecule has 0 aliphatic rings. The Kier molecular flexibility index (Phi) is 3.66. The van der Waals surface area contributed by atoms with Gasteiger partial charge in [-0.2, -0.15) is 4.80 Å². The van der Waals surface area contributed by atoms with Gasteiger partial charge >= 0.3 is 5.97 Å². The van der Waals surface area contributed by atoms with Crippen LogP contribution in [0.4, 0.5) is 0 Å². The molecule has 0 fully saturated rings. The van der Waals surface area contributed by atoms with E-state index in [2.05, 4.69) is 34.5 Å². The van der Waals surface area contributed by atoms with Crippen molar-refractivity contribution in [1.82, 2.24) is 20.2 Å². The van der Waals surface area contributed by atoms with Gasteiger partial charge in [0.1, 0.15) is 0 Å². The Morgan fingerprint density at radius 2 is 2.11 bits per heavy atom. The molecule has 1 heterocycles. The Hall–Kier alpha value is -2.24. The minimum Gasteiger partial charge on any atom is -0.480 e. The molecule has 0 aliphatic heterocycles. The van der Waals surface area contributed by atoms with Crippen LogP contribution in [0.15, 0.2) is 24.3 Å². The third-order valence-corrected chi connectivity index (χ3v) is 2.65. The molecule has 94 valence electrons. The summed E-state index contributed by atoms with van der Waals surface area (Å²) in [6.07, 6.45) is 1.48. The number of aryl methyl sites for hydroxylation is 3. The van der Waals surface area contributed by atoms with Gasteiger partial charge in [-0.25, -0.2) is 0 Å². The second-order valence-electron chi connectivity index (χ2n) is 4.06. The average Bonchev–Trinajstić information content (AvgIpc) is 2.75. The van der Waals surface area contributed by atoms with Crippen LogP contribution in [-0.4, -0.2) is 31.3 Å². The Labute approximate surface area is 104 Å². The first-order valence-electron chi connectivity index (χ1n) is 5.68. The lowest BCUT2D eigenvalue weighted by molar-refractivity contribution is -0.138. The summed E-state index contributed by atoms with van der Waals surface area (Å²) >= 11 is 0. The van der Waals surface area contributed by atoms with Crippen LogP contribution in [0.25, 0.3) is 0 Å². The van der Waals surface area contributed by atoms with E-state index < -0.39 is 5.97 Å². The lowest BCUT2D eigenvalue weighted by atomic mass is 10.0. The van der Waals surface area contributed by atoms with Crippen molar-refractivity contribution in [3.8, 4) is 0 Å². The van der Waals surface area contributed by atoms with E-state index in [1.807, 2.05) is 12.1 Å². The van der Waals surface area contributed by atoms with Gasteiger partial charge in [-0.05, 0) is 29.7 Å². The van der Waals surface area contributed by atoms with Crippen molar-refractivity contribution in [2.24, 2.45) is 0 Å². The largest absolute Gasteiger partial charge is 0.480 e. The highest BCUT2D eigenvalue weighted by Gasteiger charge is 2.06. The van der Waals surface area contributed by atoms with E-state index in [1.165, 1.54) is 11.1 Å². The van der Waals surface area contributed by atoms with Crippen LogP contribution in [0.5, 0.6) is 0 Å². The van der Waals surface area contributed by atoms with Crippen molar-refractivity contribution in [1.29, 1.82) is 0 Å². The molecule has 0 amide bonds. The van der Waals surface area contributed by atoms with E-state index in [4.69, 9.17) is 5.11 Å². The fraction of sp³-hybridized carbons (Fsp3) is 0.333. The quantitative estimate of drug-likeness (QED) is 0.845. The minimum absolute atomic E-state index is 0.253. The highest BCUT2D eigenvalue weighted by molar-refractivity contribution is 5.66. The average molecular weight is 246 g/mol. The summed E-state index contributed by atoms with van der Waals surface area (Å²) in [5, 5.41) is 20.1. The molecule has 1 N–H and O–H groups in total. The van der Waals surface area contributed by atoms with E-state index in [9.17, 15) is 4.79 Å². The maximum Gasteiger partial charge on any atom is 0.327 e. The van der Waals surface area contributed by atoms with Gasteiger partial charge in [0.2, 0.25) is 0 Å². The lowest BCUT2D eigenvalue weighted by Gasteiger charge is -2.02. The SMILES string of the molecule is Cc1ccccc1CCc1nnn(CC(=O)O)n1. The van der Waals surface area contributed by atoms with Gasteiger partial charge in [0.25, 0.3) is 0 Å². The molecule has 0 unspecified atom stereocenters. The third-order valence-electron chi connectivity index (χ3n) is 2.65. The molecule has 0 atom stereocenters. The number of nitrogens with zero attached hydrogens (tertiary/aromatic N) is 4. The van der Waals surface area contributed by atoms with Gasteiger partial charge in [0.05, 0.1) is 0 Å². The second-order valence-corrected chi connectivity index (χ2v) is 4.06. The zero-order chi connectivity index (χ0) is 13.0. The third kappa shape index (κ3) is 3.13. The predicted molar refractivity (Wildman–Crippen MR) is 64.0 cm³/mol. The molecule has 1 aromatic carbocycles. The zero-order valence-electron chi connectivity index (χ0n) is 10.1. The second kappa shape index (κ2) is 5.39. The number of carboxylic acid groups (broad SMARTS) is 1. The predicted octanol–water partition coefficient (Wildman–Crippen LogP) is 0.851. The van der Waals surface area contributed by atoms with Gasteiger partial charge in [0, 0.05) is 6.42 Å². The number of carbonyl (C=O) groups is 1. The topological polar surface area (TPSA) is 80.9 Å². The van der Waals surface area contributed by atoms with Crippen molar-refractivity contribution in [3.05, 3.63) is 41.2 Å². The maximum atomic E-state index is 10.5. The first kappa shape index (κ1) is 12.2. The number of aliphatic carboxylic acids is 1. The van der Waals surface area contributed by atoms with Crippen LogP contribution >= 0.6 is 0 Å². The van der Waals surface area contributed by atoms with Gasteiger partial charge in [-0.15, -0.1) is 10.2 Å². The van der Waals surface area contributed by atoms with Crippen LogP contribution in [0.2, 0.25) is 0 Å². The van der Waals surface area contributed by atoms with Crippen LogP contribution in [-0.2, 0) is 24.2 Å². The molecule has 1 aromatic heterocycles. The molecule has 0 bridgehead atoms. The van der Waals surface area contributed by atoms with Crippen LogP contribution < -0.4 is 0 Å². The molecule has 18 heavy (non-hydrogen) atoms. The zero-order valence-corrected chi connectivity index (χ0v) is 10.1. The highest BCUT2D eigenvalue weighted by atomic mass is 16.4. The normalized spacial score (nSPS) is 10.5. The van der Waals surface area contributed by atoms with Crippen molar-refractivity contribution in [2.45, 2.75) is 26.3 Å². The number of hydrogen-bond acceptors (Lipinski definition) is 4. The number of carboxylic acids is 1. The number of rotatable bonds is 5. The summed E-state index contributed by atoms with van der Waals surface area (Å²) in [7, 11) is 0. The number of hydrogen-bond donors (Lipinski definition) is 1. The smallest absolute Gasteiger partial charge is 0.327 e. The molecule has 6 heteroatoms. The van der Waals surface area contributed by atoms with E-state index in [0.29, 0.717) is 12.2 Å². The number of tetrazole rings is 1. The fourth-order valence-electron chi connectivity index (χ4n) is 1.70. The van der Waals surface area contributed by atoms with Crippen molar-refractivity contribution in [3.63, 3.8) is 0 Å². The van der Waals surface area contributed by atoms with Gasteiger partial charge in [-0.1, -0.05) is 24.3 Å². The van der Waals surface area contributed by atoms with Crippen LogP contribution in [0.3, 0.4) is 0 Å². The molecule has 0 radical (unpaired) electrons. The van der Waals surface area contributed by atoms with Crippen molar-refractivity contribution in [2.75, 3.05) is 0 Å². The maximum absolute atomic E-state index is 10.5. The molecule has 0 spiro atoms.